The molecular weight excluding hydrogens is 1120 g/mol. The van der Waals surface area contributed by atoms with Crippen molar-refractivity contribution >= 4 is 118 Å². The van der Waals surface area contributed by atoms with E-state index in [1.165, 1.54) is 104 Å². The second-order valence-electron chi connectivity index (χ2n) is 30.2. The molecule has 17 rings (SSSR count). The van der Waals surface area contributed by atoms with Gasteiger partial charge in [-0.3, -0.25) is 9.80 Å². The van der Waals surface area contributed by atoms with Crippen molar-refractivity contribution in [1.29, 1.82) is 0 Å². The van der Waals surface area contributed by atoms with Gasteiger partial charge < -0.3 is 9.64 Å². The maximum atomic E-state index is 7.83. The summed E-state index contributed by atoms with van der Waals surface area (Å²) in [7, 11) is 0. The summed E-state index contributed by atoms with van der Waals surface area (Å²) >= 11 is 1.94. The molecule has 0 bridgehead atoms. The average molecular weight is 1200 g/mol. The Balaban J connectivity index is 0.958. The van der Waals surface area contributed by atoms with Gasteiger partial charge in [0, 0.05) is 66.1 Å². The minimum Gasteiger partial charge on any atom is -0.458 e. The molecule has 448 valence electrons. The Bertz CT molecular complexity index is 4950. The van der Waals surface area contributed by atoms with Crippen LogP contribution in [-0.4, -0.2) is 23.4 Å². The van der Waals surface area contributed by atoms with Crippen molar-refractivity contribution < 1.29 is 4.74 Å². The van der Waals surface area contributed by atoms with Crippen LogP contribution in [0.1, 0.15) is 137 Å². The van der Waals surface area contributed by atoms with Gasteiger partial charge in [0.15, 0.2) is 5.82 Å². The van der Waals surface area contributed by atoms with Crippen molar-refractivity contribution in [2.45, 2.75) is 144 Å². The van der Waals surface area contributed by atoms with E-state index in [4.69, 9.17) is 14.7 Å². The highest BCUT2D eigenvalue weighted by atomic mass is 32.1. The summed E-state index contributed by atoms with van der Waals surface area (Å²) in [4.78, 5) is 19.5. The number of hydrogen-bond acceptors (Lipinski definition) is 7. The van der Waals surface area contributed by atoms with Crippen LogP contribution in [0.15, 0.2) is 164 Å². The Morgan fingerprint density at radius 2 is 0.956 bits per heavy atom. The number of anilines is 9. The molecule has 9 heteroatoms. The van der Waals surface area contributed by atoms with E-state index < -0.39 is 0 Å². The lowest BCUT2D eigenvalue weighted by Gasteiger charge is -2.45. The number of benzene rings is 9. The first kappa shape index (κ1) is 56.3. The smallest absolute Gasteiger partial charge is 0.268 e. The van der Waals surface area contributed by atoms with E-state index in [1.807, 2.05) is 11.3 Å². The maximum absolute atomic E-state index is 7.83. The number of nitrogens with zero attached hydrogens (tertiary/aromatic N) is 5. The standard InChI is InChI=1S/C82H77B2N5OS/c1-46-36-48(3)70(49(4)37-46)52-40-66-72-68(41-52)90-67-45-65-62(44-63(67)84(72)75-74(56-24-18-21-27-69(56)91-75)87(66)54-28-30-57-59(42-54)81(11,12)34-32-79(57,7)8)83-61-25-19-20-26-64(61)89(55-29-31-58-60(43-55)82(13,14)35-33-80(58,9)10)78-73(83)77(88(65)53-22-16-15-17-23-53)85-76(86-78)71-50(5)38-47(2)39-51(71)6/h15-31,36-45H,32-35H2,1-14H3. The molecule has 2 aliphatic carbocycles. The zero-order valence-electron chi connectivity index (χ0n) is 55.1. The van der Waals surface area contributed by atoms with E-state index in [0.717, 1.165) is 105 Å². The second kappa shape index (κ2) is 19.4. The molecule has 0 amide bonds. The average Bonchev–Trinajstić information content (AvgIpc) is 1.55. The van der Waals surface area contributed by atoms with Gasteiger partial charge in [-0.15, -0.1) is 11.3 Å². The van der Waals surface area contributed by atoms with Gasteiger partial charge in [0.2, 0.25) is 0 Å². The second-order valence-corrected chi connectivity index (χ2v) is 31.3. The molecule has 0 saturated heterocycles. The monoisotopic (exact) mass is 1200 g/mol. The first-order chi connectivity index (χ1) is 43.5. The summed E-state index contributed by atoms with van der Waals surface area (Å²) in [6.45, 7) is 32.5. The van der Waals surface area contributed by atoms with Gasteiger partial charge in [-0.1, -0.05) is 164 Å². The number of aryl methyl sites for hydroxylation is 6. The lowest BCUT2D eigenvalue weighted by atomic mass is 9.32. The fourth-order valence-corrected chi connectivity index (χ4v) is 18.9. The number of aromatic nitrogens is 2. The van der Waals surface area contributed by atoms with E-state index in [1.54, 1.807) is 0 Å². The molecule has 6 nitrogen and oxygen atoms in total. The Morgan fingerprint density at radius 1 is 0.418 bits per heavy atom. The molecule has 0 radical (unpaired) electrons. The zero-order chi connectivity index (χ0) is 62.7. The molecule has 6 aliphatic rings. The quantitative estimate of drug-likeness (QED) is 0.160. The minimum atomic E-state index is -0.235. The molecule has 0 unspecified atom stereocenters. The molecule has 0 saturated carbocycles. The van der Waals surface area contributed by atoms with Gasteiger partial charge in [0.05, 0.1) is 5.69 Å². The van der Waals surface area contributed by atoms with Gasteiger partial charge >= 0.3 is 0 Å². The summed E-state index contributed by atoms with van der Waals surface area (Å²) in [5, 5.41) is 1.27. The Kier molecular flexibility index (Phi) is 12.0. The number of fused-ring (bicyclic) bond motifs is 12. The van der Waals surface area contributed by atoms with Crippen LogP contribution in [0.3, 0.4) is 0 Å². The number of hydrogen-bond donors (Lipinski definition) is 0. The summed E-state index contributed by atoms with van der Waals surface area (Å²) in [6, 6.07) is 63.0. The Labute approximate surface area is 542 Å². The highest BCUT2D eigenvalue weighted by Gasteiger charge is 2.51. The molecule has 9 aromatic carbocycles. The van der Waals surface area contributed by atoms with Gasteiger partial charge in [0.1, 0.15) is 23.1 Å². The van der Waals surface area contributed by atoms with Crippen LogP contribution < -0.4 is 51.5 Å². The molecular formula is C82H77B2N5OS. The number of ether oxygens (including phenoxy) is 1. The van der Waals surface area contributed by atoms with Crippen LogP contribution >= 0.6 is 11.3 Å². The van der Waals surface area contributed by atoms with Crippen LogP contribution in [-0.2, 0) is 21.7 Å². The van der Waals surface area contributed by atoms with E-state index in [0.29, 0.717) is 0 Å². The molecule has 0 spiro atoms. The van der Waals surface area contributed by atoms with E-state index in [2.05, 4.69) is 275 Å². The minimum absolute atomic E-state index is 0.00696. The SMILES string of the molecule is Cc1cc(C)c(-c2cc3c4c(c2)N(c2ccc5c(c2)C(C)(C)CCC5(C)C)c2c(sc5ccccc25)B4c2cc4c(cc2O3)N(c2ccccc2)c2nc(-c3c(C)cc(C)cc3C)nc3c2B4c2ccccc2N3c2ccc3c(c2)C(C)(C)CCC3(C)C)c(C)c1. The third-order valence-corrected chi connectivity index (χ3v) is 23.4. The molecule has 2 aromatic heterocycles. The van der Waals surface area contributed by atoms with E-state index in [-0.39, 0.29) is 35.1 Å². The third-order valence-electron chi connectivity index (χ3n) is 22.1. The highest BCUT2D eigenvalue weighted by molar-refractivity contribution is 7.33. The number of para-hydroxylation sites is 2. The zero-order valence-corrected chi connectivity index (χ0v) is 55.9. The Hall–Kier alpha value is -8.65. The molecule has 0 atom stereocenters. The van der Waals surface area contributed by atoms with Crippen molar-refractivity contribution in [3.05, 3.63) is 219 Å². The molecule has 11 aromatic rings. The van der Waals surface area contributed by atoms with Crippen molar-refractivity contribution in [3.63, 3.8) is 0 Å². The predicted octanol–water partition coefficient (Wildman–Crippen LogP) is 18.1. The fraction of sp³-hybridized carbons (Fsp3) is 0.268. The summed E-state index contributed by atoms with van der Waals surface area (Å²) in [5.74, 6) is 4.27. The Morgan fingerprint density at radius 3 is 1.58 bits per heavy atom. The van der Waals surface area contributed by atoms with E-state index >= 15 is 0 Å². The van der Waals surface area contributed by atoms with Gasteiger partial charge in [0.25, 0.3) is 13.4 Å². The van der Waals surface area contributed by atoms with Gasteiger partial charge in [-0.25, -0.2) is 9.97 Å². The molecule has 91 heavy (non-hydrogen) atoms. The summed E-state index contributed by atoms with van der Waals surface area (Å²) < 4.78 is 10.4. The molecule has 0 fully saturated rings. The lowest BCUT2D eigenvalue weighted by Crippen LogP contribution is -2.64. The van der Waals surface area contributed by atoms with Gasteiger partial charge in [-0.2, -0.15) is 0 Å². The largest absolute Gasteiger partial charge is 0.458 e. The topological polar surface area (TPSA) is 44.7 Å². The predicted molar refractivity (Wildman–Crippen MR) is 387 cm³/mol. The maximum Gasteiger partial charge on any atom is 0.268 e. The van der Waals surface area contributed by atoms with Crippen molar-refractivity contribution in [2.24, 2.45) is 0 Å². The van der Waals surface area contributed by atoms with Crippen LogP contribution in [0.25, 0.3) is 32.6 Å². The normalized spacial score (nSPS) is 17.1. The van der Waals surface area contributed by atoms with E-state index in [9.17, 15) is 0 Å². The first-order valence-electron chi connectivity index (χ1n) is 33.0. The molecule has 0 N–H and O–H groups in total. The van der Waals surface area contributed by atoms with Crippen LogP contribution in [0.5, 0.6) is 11.5 Å². The third kappa shape index (κ3) is 8.24. The fourth-order valence-electron chi connectivity index (χ4n) is 17.6. The van der Waals surface area contributed by atoms with Crippen molar-refractivity contribution in [2.75, 3.05) is 14.7 Å². The number of thiophene rings is 1. The molecule has 6 heterocycles. The first-order valence-corrected chi connectivity index (χ1v) is 33.8. The van der Waals surface area contributed by atoms with Crippen LogP contribution in [0.2, 0.25) is 0 Å². The van der Waals surface area contributed by atoms with Crippen molar-refractivity contribution in [3.8, 4) is 34.0 Å². The molecule has 4 aliphatic heterocycles. The summed E-state index contributed by atoms with van der Waals surface area (Å²) in [5.41, 5.74) is 30.5. The summed E-state index contributed by atoms with van der Waals surface area (Å²) in [6.07, 6.45) is 4.57. The van der Waals surface area contributed by atoms with Gasteiger partial charge in [-0.05, 0) is 227 Å². The number of rotatable bonds is 5. The van der Waals surface area contributed by atoms with Crippen LogP contribution in [0, 0.1) is 41.5 Å². The van der Waals surface area contributed by atoms with Crippen LogP contribution in [0.4, 0.5) is 51.4 Å². The lowest BCUT2D eigenvalue weighted by molar-refractivity contribution is 0.332. The highest BCUT2D eigenvalue weighted by Crippen LogP contribution is 2.54. The van der Waals surface area contributed by atoms with Crippen molar-refractivity contribution in [1.82, 2.24) is 9.97 Å².